The zero-order chi connectivity index (χ0) is 14.0. The Morgan fingerprint density at radius 3 is 2.52 bits per heavy atom. The molecule has 0 unspecified atom stereocenters. The Hall–Kier alpha value is -1.01. The van der Waals surface area contributed by atoms with Crippen molar-refractivity contribution in [2.24, 2.45) is 17.8 Å². The summed E-state index contributed by atoms with van der Waals surface area (Å²) in [5.41, 5.74) is 2.19. The first kappa shape index (κ1) is 12.5. The van der Waals surface area contributed by atoms with E-state index < -0.39 is 0 Å². The van der Waals surface area contributed by atoms with Crippen molar-refractivity contribution in [1.29, 1.82) is 0 Å². The highest BCUT2D eigenvalue weighted by Gasteiger charge is 2.55. The summed E-state index contributed by atoms with van der Waals surface area (Å²) >= 11 is 1.93. The van der Waals surface area contributed by atoms with Gasteiger partial charge in [-0.1, -0.05) is 17.3 Å². The number of terminal acetylenes is 1. The van der Waals surface area contributed by atoms with Crippen LogP contribution in [0.15, 0.2) is 5.38 Å². The molecule has 0 saturated heterocycles. The van der Waals surface area contributed by atoms with E-state index >= 15 is 0 Å². The van der Waals surface area contributed by atoms with Gasteiger partial charge in [-0.25, -0.2) is 9.47 Å². The van der Waals surface area contributed by atoms with E-state index in [1.165, 1.54) is 43.7 Å². The van der Waals surface area contributed by atoms with Crippen LogP contribution in [0.3, 0.4) is 0 Å². The van der Waals surface area contributed by atoms with E-state index in [1.54, 1.807) is 5.69 Å². The molecule has 4 fully saturated rings. The van der Waals surface area contributed by atoms with Gasteiger partial charge in [-0.05, 0) is 56.3 Å². The van der Waals surface area contributed by atoms with E-state index in [2.05, 4.69) is 20.8 Å². The highest BCUT2D eigenvalue weighted by molar-refractivity contribution is 7.13. The minimum absolute atomic E-state index is 0.523. The molecule has 1 aliphatic heterocycles. The van der Waals surface area contributed by atoms with Crippen LogP contribution < -0.4 is 9.47 Å². The van der Waals surface area contributed by atoms with E-state index in [-0.39, 0.29) is 0 Å². The first-order valence-corrected chi connectivity index (χ1v) is 9.35. The predicted octanol–water partition coefficient (Wildman–Crippen LogP) is 2.96. The van der Waals surface area contributed by atoms with Crippen LogP contribution in [0.4, 0.5) is 5.13 Å². The fraction of sp³-hybridized carbons (Fsp3) is 0.722. The molecule has 2 nitrogen and oxygen atoms in total. The summed E-state index contributed by atoms with van der Waals surface area (Å²) in [5.74, 6) is 5.89. The van der Waals surface area contributed by atoms with E-state index in [0.717, 1.165) is 37.4 Å². The van der Waals surface area contributed by atoms with E-state index in [0.29, 0.717) is 5.41 Å². The van der Waals surface area contributed by atoms with Gasteiger partial charge in [0.05, 0.1) is 0 Å². The van der Waals surface area contributed by atoms with Crippen LogP contribution in [0, 0.1) is 30.1 Å². The zero-order valence-corrected chi connectivity index (χ0v) is 13.4. The minimum atomic E-state index is 0.523. The monoisotopic (exact) mass is 299 g/mol. The van der Waals surface area contributed by atoms with Gasteiger partial charge in [-0.15, -0.1) is 6.42 Å². The largest absolute Gasteiger partial charge is 0.337 e. The number of hydrogen-bond donors (Lipinski definition) is 0. The molecule has 3 heteroatoms. The molecule has 4 bridgehead atoms. The lowest BCUT2D eigenvalue weighted by atomic mass is 9.49. The summed E-state index contributed by atoms with van der Waals surface area (Å²) < 4.78 is 2.62. The van der Waals surface area contributed by atoms with Gasteiger partial charge < -0.3 is 0 Å². The molecule has 0 N–H and O–H groups in total. The fourth-order valence-electron chi connectivity index (χ4n) is 6.21. The molecule has 0 spiro atoms. The third kappa shape index (κ3) is 1.69. The van der Waals surface area contributed by atoms with Gasteiger partial charge in [0.1, 0.15) is 25.3 Å². The van der Waals surface area contributed by atoms with Gasteiger partial charge in [-0.3, -0.25) is 0 Å². The molecule has 6 rings (SSSR count). The molecule has 5 aliphatic rings. The molecule has 4 aliphatic carbocycles. The van der Waals surface area contributed by atoms with E-state index in [4.69, 9.17) is 6.42 Å². The Morgan fingerprint density at radius 1 is 1.24 bits per heavy atom. The third-order valence-corrected chi connectivity index (χ3v) is 7.56. The molecule has 2 heterocycles. The predicted molar refractivity (Wildman–Crippen MR) is 85.4 cm³/mol. The second-order valence-corrected chi connectivity index (χ2v) is 8.72. The molecular weight excluding hydrogens is 276 g/mol. The normalized spacial score (nSPS) is 39.6. The summed E-state index contributed by atoms with van der Waals surface area (Å²) in [6.45, 7) is 3.02. The second kappa shape index (κ2) is 4.26. The number of rotatable bonds is 2. The second-order valence-electron chi connectivity index (χ2n) is 7.88. The maximum Gasteiger partial charge on any atom is 0.337 e. The minimum Gasteiger partial charge on any atom is -0.237 e. The average Bonchev–Trinajstić information content (AvgIpc) is 3.00. The highest BCUT2D eigenvalue weighted by atomic mass is 32.1. The molecule has 1 aromatic heterocycles. The maximum absolute atomic E-state index is 5.52. The van der Waals surface area contributed by atoms with Gasteiger partial charge in [0.2, 0.25) is 0 Å². The summed E-state index contributed by atoms with van der Waals surface area (Å²) in [7, 11) is 0. The van der Waals surface area contributed by atoms with Crippen molar-refractivity contribution >= 4 is 16.5 Å². The molecule has 0 atom stereocenters. The molecule has 0 aromatic carbocycles. The summed E-state index contributed by atoms with van der Waals surface area (Å²) in [6, 6.07) is 0. The summed E-state index contributed by atoms with van der Waals surface area (Å²) in [6.07, 6.45) is 14.5. The lowest BCUT2D eigenvalue weighted by Crippen LogP contribution is -2.53. The van der Waals surface area contributed by atoms with Gasteiger partial charge in [0.15, 0.2) is 0 Å². The molecule has 21 heavy (non-hydrogen) atoms. The summed E-state index contributed by atoms with van der Waals surface area (Å²) in [5, 5.41) is 3.89. The molecule has 1 aromatic rings. The Bertz CT molecular complexity index is 588. The Labute approximate surface area is 131 Å². The van der Waals surface area contributed by atoms with Gasteiger partial charge >= 0.3 is 5.13 Å². The van der Waals surface area contributed by atoms with Crippen LogP contribution in [0.5, 0.6) is 0 Å². The van der Waals surface area contributed by atoms with Crippen LogP contribution in [-0.2, 0) is 12.0 Å². The molecule has 0 radical (unpaired) electrons. The summed E-state index contributed by atoms with van der Waals surface area (Å²) in [4.78, 5) is 2.38. The topological polar surface area (TPSA) is 7.12 Å². The number of hydrogen-bond acceptors (Lipinski definition) is 2. The first-order valence-electron chi connectivity index (χ1n) is 8.48. The Kier molecular flexibility index (Phi) is 2.54. The van der Waals surface area contributed by atoms with Gasteiger partial charge in [-0.2, -0.15) is 0 Å². The number of thiazole rings is 1. The SMILES string of the molecule is C#CCN1CC[n+]2c(C34CC5CC(CC(C5)C3)C4)csc21. The third-order valence-electron chi connectivity index (χ3n) is 6.53. The number of aromatic nitrogens is 1. The van der Waals surface area contributed by atoms with Crippen molar-refractivity contribution in [1.82, 2.24) is 0 Å². The van der Waals surface area contributed by atoms with Crippen LogP contribution in [0.25, 0.3) is 0 Å². The Balaban J connectivity index is 1.55. The van der Waals surface area contributed by atoms with Crippen LogP contribution >= 0.6 is 11.3 Å². The van der Waals surface area contributed by atoms with Crippen molar-refractivity contribution < 1.29 is 4.57 Å². The van der Waals surface area contributed by atoms with Crippen molar-refractivity contribution in [3.05, 3.63) is 11.1 Å². The maximum atomic E-state index is 5.52. The number of anilines is 1. The van der Waals surface area contributed by atoms with Crippen LogP contribution in [0.2, 0.25) is 0 Å². The zero-order valence-electron chi connectivity index (χ0n) is 12.6. The van der Waals surface area contributed by atoms with E-state index in [9.17, 15) is 0 Å². The highest BCUT2D eigenvalue weighted by Crippen LogP contribution is 2.60. The molecule has 0 amide bonds. The van der Waals surface area contributed by atoms with E-state index in [1.807, 2.05) is 11.3 Å². The van der Waals surface area contributed by atoms with Crippen molar-refractivity contribution in [2.75, 3.05) is 18.0 Å². The number of nitrogens with zero attached hydrogens (tertiary/aromatic N) is 2. The smallest absolute Gasteiger partial charge is 0.237 e. The molecular formula is C18H23N2S+. The lowest BCUT2D eigenvalue weighted by Gasteiger charge is -2.55. The van der Waals surface area contributed by atoms with Crippen molar-refractivity contribution in [3.8, 4) is 12.3 Å². The van der Waals surface area contributed by atoms with Crippen LogP contribution in [-0.4, -0.2) is 13.1 Å². The van der Waals surface area contributed by atoms with Gasteiger partial charge in [0.25, 0.3) is 0 Å². The average molecular weight is 299 g/mol. The quantitative estimate of drug-likeness (QED) is 0.601. The van der Waals surface area contributed by atoms with Crippen molar-refractivity contribution in [2.45, 2.75) is 50.5 Å². The van der Waals surface area contributed by atoms with Crippen molar-refractivity contribution in [3.63, 3.8) is 0 Å². The van der Waals surface area contributed by atoms with Crippen LogP contribution in [0.1, 0.15) is 44.2 Å². The number of fused-ring (bicyclic) bond motifs is 1. The molecule has 110 valence electrons. The first-order chi connectivity index (χ1) is 10.3. The lowest BCUT2D eigenvalue weighted by molar-refractivity contribution is -0.679. The standard InChI is InChI=1S/C18H23N2S/c1-2-3-19-4-5-20-16(12-21-17(19)20)18-9-13-6-14(10-18)8-15(7-13)11-18/h1,12-15H,3-11H2/q+1. The Morgan fingerprint density at radius 2 is 1.90 bits per heavy atom. The van der Waals surface area contributed by atoms with Gasteiger partial charge in [0, 0.05) is 10.8 Å². The molecule has 4 saturated carbocycles. The fourth-order valence-corrected chi connectivity index (χ4v) is 7.43.